The number of hydrogen-bond donors (Lipinski definition) is 3. The molecule has 0 aromatic carbocycles. The predicted octanol–water partition coefficient (Wildman–Crippen LogP) is 1.16. The molecule has 0 atom stereocenters. The fourth-order valence-corrected chi connectivity index (χ4v) is 1.93. The van der Waals surface area contributed by atoms with Crippen LogP contribution in [0, 0.1) is 0 Å². The average Bonchev–Trinajstić information content (AvgIpc) is 2.43. The summed E-state index contributed by atoms with van der Waals surface area (Å²) in [6.07, 6.45) is 1.10. The van der Waals surface area contributed by atoms with Crippen molar-refractivity contribution in [3.8, 4) is 0 Å². The van der Waals surface area contributed by atoms with E-state index in [9.17, 15) is 19.2 Å². The third-order valence-electron chi connectivity index (χ3n) is 3.08. The van der Waals surface area contributed by atoms with Crippen molar-refractivity contribution in [3.05, 3.63) is 34.6 Å². The zero-order chi connectivity index (χ0) is 16.2. The third kappa shape index (κ3) is 3.65. The summed E-state index contributed by atoms with van der Waals surface area (Å²) in [4.78, 5) is 45.6. The largest absolute Gasteiger partial charge is 0.515 e. The number of aliphatic hydroxyl groups is 1. The Morgan fingerprint density at radius 1 is 1.24 bits per heavy atom. The van der Waals surface area contributed by atoms with Crippen LogP contribution in [0.3, 0.4) is 0 Å². The van der Waals surface area contributed by atoms with E-state index in [1.54, 1.807) is 0 Å². The van der Waals surface area contributed by atoms with E-state index in [2.05, 4.69) is 0 Å². The number of hydrogen-bond acceptors (Lipinski definition) is 5. The maximum Gasteiger partial charge on any atom is 0.336 e. The normalized spacial score (nSPS) is 15.8. The molecule has 0 aromatic rings. The molecule has 0 heterocycles. The van der Waals surface area contributed by atoms with Crippen molar-refractivity contribution in [2.45, 2.75) is 26.2 Å². The Hall–Kier alpha value is -2.70. The van der Waals surface area contributed by atoms with Gasteiger partial charge in [0.25, 0.3) is 0 Å². The molecule has 3 N–H and O–H groups in total. The Morgan fingerprint density at radius 3 is 2.33 bits per heavy atom. The lowest BCUT2D eigenvalue weighted by atomic mass is 9.86. The second kappa shape index (κ2) is 6.65. The molecule has 1 aliphatic rings. The Labute approximate surface area is 119 Å². The number of allylic oxidation sites excluding steroid dienone is 3. The van der Waals surface area contributed by atoms with Gasteiger partial charge in [0.2, 0.25) is 0 Å². The van der Waals surface area contributed by atoms with E-state index in [0.717, 1.165) is 6.08 Å². The fraction of sp³-hybridized carbons (Fsp3) is 0.286. The molecular weight excluding hydrogens is 280 g/mol. The first-order valence-corrected chi connectivity index (χ1v) is 6.07. The van der Waals surface area contributed by atoms with Crippen molar-refractivity contribution in [3.63, 3.8) is 0 Å². The minimum atomic E-state index is -1.52. The Kier molecular flexibility index (Phi) is 5.18. The molecule has 0 fully saturated rings. The molecule has 0 saturated heterocycles. The Balaban J connectivity index is 3.13. The van der Waals surface area contributed by atoms with Crippen LogP contribution < -0.4 is 0 Å². The molecule has 0 aliphatic heterocycles. The zero-order valence-corrected chi connectivity index (χ0v) is 11.3. The van der Waals surface area contributed by atoms with Crippen LogP contribution in [-0.2, 0) is 19.2 Å². The van der Waals surface area contributed by atoms with Gasteiger partial charge < -0.3 is 15.3 Å². The number of aliphatic hydroxyl groups excluding tert-OH is 1. The standard InChI is InChI=1S/C14H14O7/c1-7(6-15)10(16)4-2-8-11(17)5-3-9(13(18)19)12(8)14(20)21/h3,6,15H,2,4-5H2,1H3,(H,18,19)(H,20,21). The van der Waals surface area contributed by atoms with E-state index in [1.807, 2.05) is 0 Å². The Bertz CT molecular complexity index is 605. The molecule has 112 valence electrons. The summed E-state index contributed by atoms with van der Waals surface area (Å²) < 4.78 is 0. The lowest BCUT2D eigenvalue weighted by molar-refractivity contribution is -0.136. The second-order valence-corrected chi connectivity index (χ2v) is 4.44. The lowest BCUT2D eigenvalue weighted by Gasteiger charge is -2.16. The molecule has 0 spiro atoms. The highest BCUT2D eigenvalue weighted by Gasteiger charge is 2.30. The van der Waals surface area contributed by atoms with Crippen LogP contribution in [0.25, 0.3) is 0 Å². The third-order valence-corrected chi connectivity index (χ3v) is 3.08. The first kappa shape index (κ1) is 16.4. The minimum Gasteiger partial charge on any atom is -0.515 e. The molecule has 0 bridgehead atoms. The van der Waals surface area contributed by atoms with Crippen molar-refractivity contribution in [1.29, 1.82) is 0 Å². The van der Waals surface area contributed by atoms with E-state index in [1.165, 1.54) is 6.92 Å². The van der Waals surface area contributed by atoms with E-state index in [-0.39, 0.29) is 30.4 Å². The van der Waals surface area contributed by atoms with Crippen LogP contribution in [0.5, 0.6) is 0 Å². The van der Waals surface area contributed by atoms with E-state index >= 15 is 0 Å². The highest BCUT2D eigenvalue weighted by Crippen LogP contribution is 2.27. The van der Waals surface area contributed by atoms with E-state index < -0.39 is 34.7 Å². The summed E-state index contributed by atoms with van der Waals surface area (Å²) >= 11 is 0. The van der Waals surface area contributed by atoms with Gasteiger partial charge in [-0.2, -0.15) is 0 Å². The van der Waals surface area contributed by atoms with Crippen molar-refractivity contribution >= 4 is 23.5 Å². The molecule has 0 aromatic heterocycles. The molecule has 0 amide bonds. The van der Waals surface area contributed by atoms with Gasteiger partial charge in [-0.25, -0.2) is 9.59 Å². The molecule has 1 aliphatic carbocycles. The van der Waals surface area contributed by atoms with Gasteiger partial charge in [-0.15, -0.1) is 0 Å². The molecule has 0 saturated carbocycles. The maximum absolute atomic E-state index is 11.8. The SMILES string of the molecule is CC(=CO)C(=O)CCC1=C(C(=O)O)C(C(=O)O)=CCC1=O. The monoisotopic (exact) mass is 294 g/mol. The molecule has 21 heavy (non-hydrogen) atoms. The number of carboxylic acids is 2. The van der Waals surface area contributed by atoms with Crippen LogP contribution in [0.4, 0.5) is 0 Å². The highest BCUT2D eigenvalue weighted by atomic mass is 16.4. The summed E-state index contributed by atoms with van der Waals surface area (Å²) in [6.45, 7) is 1.38. The molecule has 0 radical (unpaired) electrons. The highest BCUT2D eigenvalue weighted by molar-refractivity contribution is 6.15. The number of carboxylic acid groups (broad SMARTS) is 2. The molecule has 7 heteroatoms. The van der Waals surface area contributed by atoms with Crippen molar-refractivity contribution in [1.82, 2.24) is 0 Å². The first-order chi connectivity index (χ1) is 9.79. The maximum atomic E-state index is 11.8. The van der Waals surface area contributed by atoms with Crippen LogP contribution >= 0.6 is 0 Å². The Morgan fingerprint density at radius 2 is 1.86 bits per heavy atom. The summed E-state index contributed by atoms with van der Waals surface area (Å²) in [5.41, 5.74) is -1.12. The summed E-state index contributed by atoms with van der Waals surface area (Å²) in [6, 6.07) is 0. The number of aliphatic carboxylic acids is 2. The van der Waals surface area contributed by atoms with Crippen molar-refractivity contribution < 1.29 is 34.5 Å². The van der Waals surface area contributed by atoms with Crippen LogP contribution in [0.2, 0.25) is 0 Å². The summed E-state index contributed by atoms with van der Waals surface area (Å²) in [7, 11) is 0. The van der Waals surface area contributed by atoms with Gasteiger partial charge in [-0.3, -0.25) is 9.59 Å². The van der Waals surface area contributed by atoms with E-state index in [4.69, 9.17) is 15.3 Å². The van der Waals surface area contributed by atoms with Gasteiger partial charge in [0, 0.05) is 24.0 Å². The lowest BCUT2D eigenvalue weighted by Crippen LogP contribution is -2.22. The summed E-state index contributed by atoms with van der Waals surface area (Å²) in [5, 5.41) is 26.8. The molecule has 0 unspecified atom stereocenters. The minimum absolute atomic E-state index is 0.0738. The smallest absolute Gasteiger partial charge is 0.336 e. The number of carbonyl (C=O) groups excluding carboxylic acids is 2. The molecular formula is C14H14O7. The second-order valence-electron chi connectivity index (χ2n) is 4.44. The quantitative estimate of drug-likeness (QED) is 0.495. The van der Waals surface area contributed by atoms with Gasteiger partial charge in [0.1, 0.15) is 0 Å². The van der Waals surface area contributed by atoms with Crippen LogP contribution in [-0.4, -0.2) is 38.8 Å². The summed E-state index contributed by atoms with van der Waals surface area (Å²) in [5.74, 6) is -3.92. The van der Waals surface area contributed by atoms with Crippen LogP contribution in [0.1, 0.15) is 26.2 Å². The number of rotatable bonds is 6. The topological polar surface area (TPSA) is 129 Å². The predicted molar refractivity (Wildman–Crippen MR) is 70.6 cm³/mol. The van der Waals surface area contributed by atoms with Gasteiger partial charge in [0.05, 0.1) is 17.4 Å². The number of Topliss-reactive ketones (excluding diaryl/α,β-unsaturated/α-hetero) is 2. The van der Waals surface area contributed by atoms with E-state index in [0.29, 0.717) is 6.26 Å². The van der Waals surface area contributed by atoms with Gasteiger partial charge in [0.15, 0.2) is 11.6 Å². The molecule has 1 rings (SSSR count). The van der Waals surface area contributed by atoms with Gasteiger partial charge >= 0.3 is 11.9 Å². The van der Waals surface area contributed by atoms with Crippen molar-refractivity contribution in [2.24, 2.45) is 0 Å². The molecule has 7 nitrogen and oxygen atoms in total. The average molecular weight is 294 g/mol. The van der Waals surface area contributed by atoms with Crippen molar-refractivity contribution in [2.75, 3.05) is 0 Å². The number of carbonyl (C=O) groups is 4. The number of ketones is 2. The first-order valence-electron chi connectivity index (χ1n) is 6.07. The fourth-order valence-electron chi connectivity index (χ4n) is 1.93. The van der Waals surface area contributed by atoms with Gasteiger partial charge in [-0.1, -0.05) is 6.08 Å². The zero-order valence-electron chi connectivity index (χ0n) is 11.3. The van der Waals surface area contributed by atoms with Crippen LogP contribution in [0.15, 0.2) is 34.6 Å². The van der Waals surface area contributed by atoms with Gasteiger partial charge in [-0.05, 0) is 13.3 Å².